The molecule has 0 aliphatic heterocycles. The number of aromatic nitrogens is 1. The van der Waals surface area contributed by atoms with Crippen LogP contribution in [-0.2, 0) is 20.0 Å². The monoisotopic (exact) mass is 508 g/mol. The van der Waals surface area contributed by atoms with Gasteiger partial charge < -0.3 is 20.9 Å². The van der Waals surface area contributed by atoms with Crippen LogP contribution in [0.5, 0.6) is 0 Å². The molecule has 1 aliphatic rings. The first-order valence-electron chi connectivity index (χ1n) is 11.2. The molecule has 6 nitrogen and oxygen atoms in total. The van der Waals surface area contributed by atoms with E-state index in [0.29, 0.717) is 21.8 Å². The van der Waals surface area contributed by atoms with Gasteiger partial charge in [0.2, 0.25) is 0 Å². The molecule has 0 saturated carbocycles. The minimum absolute atomic E-state index is 0. The first-order chi connectivity index (χ1) is 16.4. The maximum atomic E-state index is 13.1. The summed E-state index contributed by atoms with van der Waals surface area (Å²) in [6.45, 7) is 0.167. The van der Waals surface area contributed by atoms with Crippen LogP contribution in [-0.4, -0.2) is 10.6 Å². The normalized spacial score (nSPS) is 14.3. The average Bonchev–Trinajstić information content (AvgIpc) is 3.20. The van der Waals surface area contributed by atoms with E-state index in [9.17, 15) is 9.59 Å². The molecule has 0 radical (unpaired) electrons. The second-order valence-corrected chi connectivity index (χ2v) is 9.04. The summed E-state index contributed by atoms with van der Waals surface area (Å²) in [6.07, 6.45) is 1.84. The van der Waals surface area contributed by atoms with Gasteiger partial charge >= 0.3 is 6.03 Å². The summed E-state index contributed by atoms with van der Waals surface area (Å²) >= 11 is 6.29. The highest BCUT2D eigenvalue weighted by atomic mass is 35.5. The Morgan fingerprint density at radius 1 is 1.09 bits per heavy atom. The van der Waals surface area contributed by atoms with Crippen molar-refractivity contribution < 1.29 is 4.79 Å². The van der Waals surface area contributed by atoms with Crippen LogP contribution in [0.4, 0.5) is 10.5 Å². The van der Waals surface area contributed by atoms with Gasteiger partial charge in [-0.25, -0.2) is 4.79 Å². The van der Waals surface area contributed by atoms with E-state index < -0.39 is 0 Å². The quantitative estimate of drug-likeness (QED) is 0.337. The number of carbonyl (C=O) groups excluding carboxylic acids is 1. The van der Waals surface area contributed by atoms with E-state index in [1.165, 1.54) is 5.56 Å². The Morgan fingerprint density at radius 3 is 2.63 bits per heavy atom. The number of nitrogens with one attached hydrogen (secondary N) is 2. The number of rotatable bonds is 4. The summed E-state index contributed by atoms with van der Waals surface area (Å²) in [7, 11) is 1.72. The third kappa shape index (κ3) is 4.78. The number of aryl methyl sites for hydroxylation is 1. The summed E-state index contributed by atoms with van der Waals surface area (Å²) in [5.41, 5.74) is 11.5. The van der Waals surface area contributed by atoms with Gasteiger partial charge in [0, 0.05) is 40.4 Å². The number of halogens is 2. The molecule has 1 aromatic heterocycles. The van der Waals surface area contributed by atoms with Gasteiger partial charge in [-0.3, -0.25) is 4.79 Å². The average molecular weight is 509 g/mol. The minimum atomic E-state index is -0.347. The fourth-order valence-corrected chi connectivity index (χ4v) is 4.91. The van der Waals surface area contributed by atoms with E-state index in [2.05, 4.69) is 10.6 Å². The SMILES string of the molecule is Cl.Cn1c(CNC(=O)Nc2ccc3c(c2)CCC3N)c(-c2ccccc2)c2cc(Cl)ccc2c1=O. The Bertz CT molecular complexity index is 1470. The van der Waals surface area contributed by atoms with Gasteiger partial charge in [0.25, 0.3) is 5.56 Å². The standard InChI is InChI=1S/C27H25ClN4O2.ClH/c1-32-24(15-30-27(34)31-19-9-11-20-17(13-19)7-12-23(20)29)25(16-5-3-2-4-6-16)22-14-18(28)8-10-21(22)26(32)33;/h2-6,8-11,13-14,23H,7,12,15,29H2,1H3,(H2,30,31,34);1H. The predicted octanol–water partition coefficient (Wildman–Crippen LogP) is 5.55. The van der Waals surface area contributed by atoms with Crippen molar-refractivity contribution in [2.75, 3.05) is 5.32 Å². The molecule has 5 rings (SSSR count). The molecule has 8 heteroatoms. The number of benzene rings is 3. The lowest BCUT2D eigenvalue weighted by atomic mass is 9.96. The fourth-order valence-electron chi connectivity index (χ4n) is 4.74. The lowest BCUT2D eigenvalue weighted by molar-refractivity contribution is 0.251. The largest absolute Gasteiger partial charge is 0.332 e. The lowest BCUT2D eigenvalue weighted by Crippen LogP contribution is -2.32. The Hall–Kier alpha value is -3.32. The molecule has 1 unspecified atom stereocenters. The molecule has 0 fully saturated rings. The number of urea groups is 1. The summed E-state index contributed by atoms with van der Waals surface area (Å²) in [5.74, 6) is 0. The van der Waals surface area contributed by atoms with Crippen molar-refractivity contribution in [3.8, 4) is 11.1 Å². The van der Waals surface area contributed by atoms with E-state index in [1.807, 2.05) is 48.5 Å². The molecular weight excluding hydrogens is 483 g/mol. The molecule has 4 N–H and O–H groups in total. The minimum Gasteiger partial charge on any atom is -0.332 e. The number of hydrogen-bond acceptors (Lipinski definition) is 3. The Morgan fingerprint density at radius 2 is 1.86 bits per heavy atom. The molecule has 2 amide bonds. The van der Waals surface area contributed by atoms with Crippen LogP contribution in [0, 0.1) is 0 Å². The van der Waals surface area contributed by atoms with Crippen LogP contribution in [0.3, 0.4) is 0 Å². The van der Waals surface area contributed by atoms with Crippen molar-refractivity contribution >= 4 is 46.5 Å². The number of anilines is 1. The molecule has 0 bridgehead atoms. The third-order valence-electron chi connectivity index (χ3n) is 6.48. The van der Waals surface area contributed by atoms with E-state index in [1.54, 1.807) is 29.8 Å². The zero-order valence-corrected chi connectivity index (χ0v) is 20.7. The summed E-state index contributed by atoms with van der Waals surface area (Å²) in [4.78, 5) is 25.9. The van der Waals surface area contributed by atoms with Crippen molar-refractivity contribution in [2.24, 2.45) is 12.8 Å². The molecular formula is C27H26Cl2N4O2. The van der Waals surface area contributed by atoms with Gasteiger partial charge in [-0.1, -0.05) is 48.0 Å². The molecule has 1 aliphatic carbocycles. The highest BCUT2D eigenvalue weighted by molar-refractivity contribution is 6.31. The Balaban J connectivity index is 0.00000289. The third-order valence-corrected chi connectivity index (χ3v) is 6.72. The van der Waals surface area contributed by atoms with Crippen LogP contribution < -0.4 is 21.9 Å². The maximum Gasteiger partial charge on any atom is 0.319 e. The number of carbonyl (C=O) groups is 1. The van der Waals surface area contributed by atoms with Crippen molar-refractivity contribution in [1.29, 1.82) is 0 Å². The fraction of sp³-hybridized carbons (Fsp3) is 0.185. The molecule has 1 heterocycles. The van der Waals surface area contributed by atoms with Crippen LogP contribution in [0.2, 0.25) is 5.02 Å². The van der Waals surface area contributed by atoms with Crippen LogP contribution in [0.15, 0.2) is 71.5 Å². The van der Waals surface area contributed by atoms with Gasteiger partial charge in [0.05, 0.1) is 6.54 Å². The number of hydrogen-bond donors (Lipinski definition) is 3. The summed E-state index contributed by atoms with van der Waals surface area (Å²) < 4.78 is 1.59. The van der Waals surface area contributed by atoms with E-state index in [-0.39, 0.29) is 36.6 Å². The van der Waals surface area contributed by atoms with Crippen molar-refractivity contribution in [3.05, 3.63) is 98.9 Å². The molecule has 1 atom stereocenters. The zero-order valence-electron chi connectivity index (χ0n) is 19.2. The van der Waals surface area contributed by atoms with Crippen LogP contribution in [0.1, 0.15) is 29.3 Å². The van der Waals surface area contributed by atoms with Crippen molar-refractivity contribution in [3.63, 3.8) is 0 Å². The molecule has 4 aromatic rings. The first kappa shape index (κ1) is 24.8. The van der Waals surface area contributed by atoms with Gasteiger partial charge in [-0.05, 0) is 65.3 Å². The highest BCUT2D eigenvalue weighted by Crippen LogP contribution is 2.33. The van der Waals surface area contributed by atoms with Crippen molar-refractivity contribution in [2.45, 2.75) is 25.4 Å². The van der Waals surface area contributed by atoms with Gasteiger partial charge in [0.15, 0.2) is 0 Å². The molecule has 35 heavy (non-hydrogen) atoms. The van der Waals surface area contributed by atoms with Crippen LogP contribution >= 0.6 is 24.0 Å². The van der Waals surface area contributed by atoms with E-state index in [0.717, 1.165) is 34.9 Å². The number of nitrogens with two attached hydrogens (primary N) is 1. The Kier molecular flexibility index (Phi) is 7.17. The van der Waals surface area contributed by atoms with Crippen molar-refractivity contribution in [1.82, 2.24) is 9.88 Å². The molecule has 180 valence electrons. The second-order valence-electron chi connectivity index (χ2n) is 8.61. The van der Waals surface area contributed by atoms with E-state index >= 15 is 0 Å². The maximum absolute atomic E-state index is 13.1. The molecule has 0 spiro atoms. The van der Waals surface area contributed by atoms with Gasteiger partial charge in [-0.2, -0.15) is 0 Å². The smallest absolute Gasteiger partial charge is 0.319 e. The molecule has 3 aromatic carbocycles. The summed E-state index contributed by atoms with van der Waals surface area (Å²) in [5, 5.41) is 7.70. The number of fused-ring (bicyclic) bond motifs is 2. The number of amides is 2. The summed E-state index contributed by atoms with van der Waals surface area (Å²) in [6, 6.07) is 20.6. The van der Waals surface area contributed by atoms with Crippen LogP contribution in [0.25, 0.3) is 21.9 Å². The zero-order chi connectivity index (χ0) is 23.8. The Labute approximate surface area is 214 Å². The lowest BCUT2D eigenvalue weighted by Gasteiger charge is -2.18. The van der Waals surface area contributed by atoms with Gasteiger partial charge in [0.1, 0.15) is 0 Å². The van der Waals surface area contributed by atoms with Gasteiger partial charge in [-0.15, -0.1) is 12.4 Å². The predicted molar refractivity (Wildman–Crippen MR) is 144 cm³/mol. The highest BCUT2D eigenvalue weighted by Gasteiger charge is 2.20. The van der Waals surface area contributed by atoms with E-state index in [4.69, 9.17) is 17.3 Å². The first-order valence-corrected chi connectivity index (χ1v) is 11.6. The molecule has 0 saturated heterocycles. The number of nitrogens with zero attached hydrogens (tertiary/aromatic N) is 1. The number of pyridine rings is 1. The second kappa shape index (κ2) is 10.1. The topological polar surface area (TPSA) is 89.2 Å².